The third-order valence-electron chi connectivity index (χ3n) is 4.07. The van der Waals surface area contributed by atoms with Gasteiger partial charge in [-0.3, -0.25) is 5.10 Å². The summed E-state index contributed by atoms with van der Waals surface area (Å²) in [5.74, 6) is 0.822. The van der Waals surface area contributed by atoms with Crippen LogP contribution in [0.1, 0.15) is 18.4 Å². The molecule has 1 saturated heterocycles. The van der Waals surface area contributed by atoms with Crippen LogP contribution in [0.2, 0.25) is 0 Å². The largest absolute Gasteiger partial charge is 0.312 e. The third-order valence-corrected chi connectivity index (χ3v) is 4.96. The fourth-order valence-corrected chi connectivity index (χ4v) is 3.51. The molecule has 2 N–H and O–H groups in total. The summed E-state index contributed by atoms with van der Waals surface area (Å²) in [4.78, 5) is 3.68. The molecule has 3 heterocycles. The molecule has 2 aromatic rings. The van der Waals surface area contributed by atoms with Gasteiger partial charge in [0.25, 0.3) is 0 Å². The molecule has 0 aliphatic carbocycles. The Morgan fingerprint density at radius 2 is 2.30 bits per heavy atom. The Morgan fingerprint density at radius 1 is 1.45 bits per heavy atom. The number of rotatable bonds is 5. The number of thiophene rings is 1. The predicted octanol–water partition coefficient (Wildman–Crippen LogP) is 2.57. The summed E-state index contributed by atoms with van der Waals surface area (Å²) in [6.45, 7) is 4.48. The maximum atomic E-state index is 4.19. The summed E-state index contributed by atoms with van der Waals surface area (Å²) in [7, 11) is 2.21. The van der Waals surface area contributed by atoms with Gasteiger partial charge in [0.15, 0.2) is 0 Å². The van der Waals surface area contributed by atoms with E-state index in [2.05, 4.69) is 45.0 Å². The molecule has 2 aromatic heterocycles. The van der Waals surface area contributed by atoms with Crippen molar-refractivity contribution < 1.29 is 0 Å². The van der Waals surface area contributed by atoms with Crippen molar-refractivity contribution in [2.75, 3.05) is 26.7 Å². The minimum Gasteiger partial charge on any atom is -0.312 e. The van der Waals surface area contributed by atoms with E-state index < -0.39 is 0 Å². The number of piperidine rings is 1. The quantitative estimate of drug-likeness (QED) is 0.889. The molecule has 1 aliphatic rings. The summed E-state index contributed by atoms with van der Waals surface area (Å²) >= 11 is 1.75. The van der Waals surface area contributed by atoms with Gasteiger partial charge in [0.1, 0.15) is 0 Å². The second-order valence-electron chi connectivity index (χ2n) is 5.63. The zero-order valence-corrected chi connectivity index (χ0v) is 12.7. The Morgan fingerprint density at radius 3 is 3.05 bits per heavy atom. The first-order valence-electron chi connectivity index (χ1n) is 7.28. The normalized spacial score (nSPS) is 17.6. The molecule has 0 atom stereocenters. The predicted molar refractivity (Wildman–Crippen MR) is 83.8 cm³/mol. The number of H-pyrrole nitrogens is 1. The second-order valence-corrected chi connectivity index (χ2v) is 6.57. The Bertz CT molecular complexity index is 512. The van der Waals surface area contributed by atoms with E-state index >= 15 is 0 Å². The Hall–Kier alpha value is -1.17. The van der Waals surface area contributed by atoms with Crippen LogP contribution < -0.4 is 5.32 Å². The molecule has 0 bridgehead atoms. The number of hydrogen-bond donors (Lipinski definition) is 2. The average Bonchev–Trinajstić information content (AvgIpc) is 3.11. The molecule has 5 heteroatoms. The number of likely N-dealkylation sites (tertiary alicyclic amines) is 1. The lowest BCUT2D eigenvalue weighted by Crippen LogP contribution is -2.34. The summed E-state index contributed by atoms with van der Waals surface area (Å²) in [6.07, 6.45) is 4.57. The van der Waals surface area contributed by atoms with Gasteiger partial charge in [-0.15, -0.1) is 11.3 Å². The second kappa shape index (κ2) is 6.52. The fraction of sp³-hybridized carbons (Fsp3) is 0.533. The van der Waals surface area contributed by atoms with Gasteiger partial charge in [-0.25, -0.2) is 0 Å². The number of aromatic nitrogens is 2. The molecule has 0 amide bonds. The van der Waals surface area contributed by atoms with E-state index in [-0.39, 0.29) is 0 Å². The SMILES string of the molecule is CN1CCC(CNCc2cn[nH]c2-c2cccs2)CC1. The Kier molecular flexibility index (Phi) is 4.50. The Labute approximate surface area is 124 Å². The van der Waals surface area contributed by atoms with Crippen LogP contribution in [0.4, 0.5) is 0 Å². The van der Waals surface area contributed by atoms with Gasteiger partial charge >= 0.3 is 0 Å². The molecule has 0 spiro atoms. The highest BCUT2D eigenvalue weighted by Gasteiger charge is 2.16. The van der Waals surface area contributed by atoms with Gasteiger partial charge in [0.05, 0.1) is 16.8 Å². The van der Waals surface area contributed by atoms with Crippen molar-refractivity contribution in [1.82, 2.24) is 20.4 Å². The Balaban J connectivity index is 1.51. The first-order chi connectivity index (χ1) is 9.83. The van der Waals surface area contributed by atoms with Gasteiger partial charge in [-0.05, 0) is 56.9 Å². The maximum absolute atomic E-state index is 4.19. The zero-order valence-electron chi connectivity index (χ0n) is 11.9. The van der Waals surface area contributed by atoms with Crippen LogP contribution in [0.3, 0.4) is 0 Å². The first kappa shape index (κ1) is 13.8. The van der Waals surface area contributed by atoms with Crippen LogP contribution in [0.5, 0.6) is 0 Å². The monoisotopic (exact) mass is 290 g/mol. The third kappa shape index (κ3) is 3.29. The van der Waals surface area contributed by atoms with E-state index in [4.69, 9.17) is 0 Å². The van der Waals surface area contributed by atoms with Crippen LogP contribution in [-0.2, 0) is 6.54 Å². The molecule has 1 aliphatic heterocycles. The van der Waals surface area contributed by atoms with Gasteiger partial charge in [-0.2, -0.15) is 5.10 Å². The lowest BCUT2D eigenvalue weighted by molar-refractivity contribution is 0.216. The molecule has 0 unspecified atom stereocenters. The molecule has 108 valence electrons. The van der Waals surface area contributed by atoms with Crippen LogP contribution >= 0.6 is 11.3 Å². The maximum Gasteiger partial charge on any atom is 0.0794 e. The molecular formula is C15H22N4S. The fourth-order valence-electron chi connectivity index (χ4n) is 2.76. The molecular weight excluding hydrogens is 268 g/mol. The minimum absolute atomic E-state index is 0.822. The standard InChI is InChI=1S/C15H22N4S/c1-19-6-4-12(5-7-19)9-16-10-13-11-17-18-15(13)14-3-2-8-20-14/h2-3,8,11-12,16H,4-7,9-10H2,1H3,(H,17,18). The average molecular weight is 290 g/mol. The van der Waals surface area contributed by atoms with E-state index in [0.29, 0.717) is 0 Å². The van der Waals surface area contributed by atoms with Crippen LogP contribution in [0.25, 0.3) is 10.6 Å². The van der Waals surface area contributed by atoms with Crippen LogP contribution in [0, 0.1) is 5.92 Å². The van der Waals surface area contributed by atoms with Crippen LogP contribution in [-0.4, -0.2) is 41.8 Å². The van der Waals surface area contributed by atoms with Crippen molar-refractivity contribution in [1.29, 1.82) is 0 Å². The van der Waals surface area contributed by atoms with Gasteiger partial charge in [0, 0.05) is 12.1 Å². The molecule has 1 fully saturated rings. The summed E-state index contributed by atoms with van der Waals surface area (Å²) in [5.41, 5.74) is 2.43. The highest BCUT2D eigenvalue weighted by atomic mass is 32.1. The molecule has 20 heavy (non-hydrogen) atoms. The highest BCUT2D eigenvalue weighted by molar-refractivity contribution is 7.13. The van der Waals surface area contributed by atoms with E-state index in [0.717, 1.165) is 24.7 Å². The van der Waals surface area contributed by atoms with E-state index in [1.54, 1.807) is 11.3 Å². The van der Waals surface area contributed by atoms with Gasteiger partial charge in [0.2, 0.25) is 0 Å². The molecule has 3 rings (SSSR count). The number of hydrogen-bond acceptors (Lipinski definition) is 4. The van der Waals surface area contributed by atoms with Gasteiger partial charge in [-0.1, -0.05) is 6.07 Å². The lowest BCUT2D eigenvalue weighted by Gasteiger charge is -2.29. The van der Waals surface area contributed by atoms with E-state index in [1.165, 1.54) is 36.4 Å². The molecule has 0 radical (unpaired) electrons. The van der Waals surface area contributed by atoms with Gasteiger partial charge < -0.3 is 10.2 Å². The smallest absolute Gasteiger partial charge is 0.0794 e. The van der Waals surface area contributed by atoms with E-state index in [1.807, 2.05) is 6.20 Å². The number of nitrogens with zero attached hydrogens (tertiary/aromatic N) is 2. The highest BCUT2D eigenvalue weighted by Crippen LogP contribution is 2.25. The molecule has 4 nitrogen and oxygen atoms in total. The zero-order chi connectivity index (χ0) is 13.8. The van der Waals surface area contributed by atoms with Crippen molar-refractivity contribution in [2.45, 2.75) is 19.4 Å². The van der Waals surface area contributed by atoms with Crippen molar-refractivity contribution in [3.05, 3.63) is 29.3 Å². The van der Waals surface area contributed by atoms with Crippen LogP contribution in [0.15, 0.2) is 23.7 Å². The minimum atomic E-state index is 0.822. The summed E-state index contributed by atoms with van der Waals surface area (Å²) in [6, 6.07) is 4.22. The number of aromatic amines is 1. The molecule has 0 aromatic carbocycles. The number of nitrogens with one attached hydrogen (secondary N) is 2. The van der Waals surface area contributed by atoms with Crippen molar-refractivity contribution in [3.63, 3.8) is 0 Å². The lowest BCUT2D eigenvalue weighted by atomic mass is 9.97. The van der Waals surface area contributed by atoms with E-state index in [9.17, 15) is 0 Å². The summed E-state index contributed by atoms with van der Waals surface area (Å²) < 4.78 is 0. The van der Waals surface area contributed by atoms with Crippen molar-refractivity contribution in [3.8, 4) is 10.6 Å². The summed E-state index contributed by atoms with van der Waals surface area (Å²) in [5, 5.41) is 13.0. The van der Waals surface area contributed by atoms with Crippen molar-refractivity contribution >= 4 is 11.3 Å². The van der Waals surface area contributed by atoms with Crippen molar-refractivity contribution in [2.24, 2.45) is 5.92 Å². The topological polar surface area (TPSA) is 44.0 Å². The molecule has 0 saturated carbocycles. The first-order valence-corrected chi connectivity index (χ1v) is 8.16.